The lowest BCUT2D eigenvalue weighted by molar-refractivity contribution is -0.115. The summed E-state index contributed by atoms with van der Waals surface area (Å²) in [5.74, 6) is -0.192. The first-order chi connectivity index (χ1) is 14.3. The van der Waals surface area contributed by atoms with Gasteiger partial charge in [-0.2, -0.15) is 0 Å². The molecule has 154 valence electrons. The number of para-hydroxylation sites is 1. The van der Waals surface area contributed by atoms with E-state index < -0.39 is 0 Å². The minimum absolute atomic E-state index is 0.0493. The first-order valence-corrected chi connectivity index (χ1v) is 10.7. The van der Waals surface area contributed by atoms with Crippen molar-refractivity contribution in [3.05, 3.63) is 89.0 Å². The van der Waals surface area contributed by atoms with Gasteiger partial charge in [-0.3, -0.25) is 9.59 Å². The zero-order chi connectivity index (χ0) is 21.7. The molecular formula is C25H26N2O2S. The van der Waals surface area contributed by atoms with Gasteiger partial charge in [-0.25, -0.2) is 0 Å². The summed E-state index contributed by atoms with van der Waals surface area (Å²) in [6, 6.07) is 21.0. The highest BCUT2D eigenvalue weighted by molar-refractivity contribution is 8.00. The van der Waals surface area contributed by atoms with Crippen LogP contribution in [0.15, 0.2) is 71.6 Å². The van der Waals surface area contributed by atoms with Crippen molar-refractivity contribution in [2.24, 2.45) is 0 Å². The van der Waals surface area contributed by atoms with Crippen molar-refractivity contribution in [1.82, 2.24) is 0 Å². The van der Waals surface area contributed by atoms with Crippen LogP contribution in [0.5, 0.6) is 0 Å². The molecule has 1 atom stereocenters. The number of nitrogens with one attached hydrogen (secondary N) is 2. The Hall–Kier alpha value is -3.05. The monoisotopic (exact) mass is 418 g/mol. The largest absolute Gasteiger partial charge is 0.325 e. The van der Waals surface area contributed by atoms with Gasteiger partial charge in [0.05, 0.1) is 5.25 Å². The second kappa shape index (κ2) is 9.63. The molecular weight excluding hydrogens is 392 g/mol. The van der Waals surface area contributed by atoms with Crippen LogP contribution in [0, 0.1) is 20.8 Å². The van der Waals surface area contributed by atoms with Crippen molar-refractivity contribution < 1.29 is 9.59 Å². The van der Waals surface area contributed by atoms with Crippen LogP contribution in [0.25, 0.3) is 0 Å². The molecule has 0 fully saturated rings. The summed E-state index contributed by atoms with van der Waals surface area (Å²) in [7, 11) is 0. The first kappa shape index (κ1) is 21.7. The number of rotatable bonds is 6. The Kier molecular flexibility index (Phi) is 6.95. The molecule has 4 nitrogen and oxygen atoms in total. The molecule has 0 aromatic heterocycles. The van der Waals surface area contributed by atoms with Gasteiger partial charge in [0, 0.05) is 21.8 Å². The molecule has 30 heavy (non-hydrogen) atoms. The molecule has 0 aliphatic heterocycles. The van der Waals surface area contributed by atoms with E-state index in [2.05, 4.69) is 10.6 Å². The number of anilines is 2. The van der Waals surface area contributed by atoms with Gasteiger partial charge in [-0.05, 0) is 68.7 Å². The highest BCUT2D eigenvalue weighted by Gasteiger charge is 2.17. The fraction of sp³-hybridized carbons (Fsp3) is 0.200. The van der Waals surface area contributed by atoms with Gasteiger partial charge in [0.2, 0.25) is 5.91 Å². The summed E-state index contributed by atoms with van der Waals surface area (Å²) < 4.78 is 0. The number of aryl methyl sites for hydroxylation is 3. The number of hydrogen-bond donors (Lipinski definition) is 2. The summed E-state index contributed by atoms with van der Waals surface area (Å²) in [4.78, 5) is 26.2. The average Bonchev–Trinajstić information content (AvgIpc) is 2.71. The van der Waals surface area contributed by atoms with E-state index in [9.17, 15) is 9.59 Å². The second-order valence-corrected chi connectivity index (χ2v) is 8.73. The van der Waals surface area contributed by atoms with Gasteiger partial charge in [0.1, 0.15) is 0 Å². The van der Waals surface area contributed by atoms with Gasteiger partial charge < -0.3 is 10.6 Å². The molecule has 1 unspecified atom stereocenters. The fourth-order valence-corrected chi connectivity index (χ4v) is 4.09. The predicted octanol–water partition coefficient (Wildman–Crippen LogP) is 5.98. The third-order valence-electron chi connectivity index (χ3n) is 4.89. The molecule has 0 spiro atoms. The molecule has 2 amide bonds. The maximum absolute atomic E-state index is 12.7. The quantitative estimate of drug-likeness (QED) is 0.484. The van der Waals surface area contributed by atoms with Crippen LogP contribution in [0.1, 0.15) is 34.0 Å². The van der Waals surface area contributed by atoms with Crippen LogP contribution >= 0.6 is 11.8 Å². The lowest BCUT2D eigenvalue weighted by Crippen LogP contribution is -2.23. The van der Waals surface area contributed by atoms with Gasteiger partial charge >= 0.3 is 0 Å². The molecule has 3 aromatic rings. The van der Waals surface area contributed by atoms with E-state index in [1.807, 2.05) is 94.4 Å². The van der Waals surface area contributed by atoms with Crippen molar-refractivity contribution in [3.63, 3.8) is 0 Å². The number of benzene rings is 3. The third kappa shape index (κ3) is 5.30. The van der Waals surface area contributed by atoms with Crippen molar-refractivity contribution in [3.8, 4) is 0 Å². The highest BCUT2D eigenvalue weighted by atomic mass is 32.2. The van der Waals surface area contributed by atoms with Crippen LogP contribution in [-0.2, 0) is 4.79 Å². The molecule has 0 bridgehead atoms. The van der Waals surface area contributed by atoms with E-state index >= 15 is 0 Å². The van der Waals surface area contributed by atoms with Crippen LogP contribution in [0.2, 0.25) is 0 Å². The number of carbonyl (C=O) groups is 2. The van der Waals surface area contributed by atoms with Crippen molar-refractivity contribution in [2.75, 3.05) is 10.6 Å². The van der Waals surface area contributed by atoms with Gasteiger partial charge in [-0.15, -0.1) is 11.8 Å². The molecule has 0 saturated heterocycles. The Morgan fingerprint density at radius 3 is 2.13 bits per heavy atom. The summed E-state index contributed by atoms with van der Waals surface area (Å²) in [6.45, 7) is 7.77. The van der Waals surface area contributed by atoms with Crippen LogP contribution < -0.4 is 10.6 Å². The lowest BCUT2D eigenvalue weighted by Gasteiger charge is -2.16. The van der Waals surface area contributed by atoms with Gasteiger partial charge in [0.25, 0.3) is 5.91 Å². The Bertz CT molecular complexity index is 1060. The number of amides is 2. The van der Waals surface area contributed by atoms with Crippen LogP contribution in [-0.4, -0.2) is 17.1 Å². The molecule has 5 heteroatoms. The summed E-state index contributed by atoms with van der Waals surface area (Å²) >= 11 is 1.46. The number of hydrogen-bond acceptors (Lipinski definition) is 3. The van der Waals surface area contributed by atoms with E-state index in [0.29, 0.717) is 11.3 Å². The van der Waals surface area contributed by atoms with E-state index in [1.54, 1.807) is 0 Å². The smallest absolute Gasteiger partial charge is 0.255 e. The van der Waals surface area contributed by atoms with Crippen LogP contribution in [0.4, 0.5) is 11.4 Å². The van der Waals surface area contributed by atoms with Crippen molar-refractivity contribution in [1.29, 1.82) is 0 Å². The zero-order valence-corrected chi connectivity index (χ0v) is 18.5. The van der Waals surface area contributed by atoms with Crippen molar-refractivity contribution >= 4 is 35.0 Å². The average molecular weight is 419 g/mol. The predicted molar refractivity (Wildman–Crippen MR) is 125 cm³/mol. The lowest BCUT2D eigenvalue weighted by atomic mass is 10.1. The molecule has 2 N–H and O–H groups in total. The second-order valence-electron chi connectivity index (χ2n) is 7.31. The molecule has 0 radical (unpaired) electrons. The van der Waals surface area contributed by atoms with Gasteiger partial charge in [-0.1, -0.05) is 42.5 Å². The zero-order valence-electron chi connectivity index (χ0n) is 17.7. The fourth-order valence-electron chi connectivity index (χ4n) is 3.17. The van der Waals surface area contributed by atoms with E-state index in [1.165, 1.54) is 11.8 Å². The SMILES string of the molecule is Cc1ccccc1C(=O)Nc1cccc(SC(C)C(=O)Nc2c(C)cccc2C)c1. The summed E-state index contributed by atoms with van der Waals surface area (Å²) in [5.41, 5.74) is 5.24. The molecule has 3 rings (SSSR count). The molecule has 0 aliphatic carbocycles. The Morgan fingerprint density at radius 2 is 1.43 bits per heavy atom. The van der Waals surface area contributed by atoms with E-state index in [4.69, 9.17) is 0 Å². The van der Waals surface area contributed by atoms with Gasteiger partial charge in [0.15, 0.2) is 0 Å². The molecule has 0 aliphatic rings. The third-order valence-corrected chi connectivity index (χ3v) is 5.99. The number of carbonyl (C=O) groups excluding carboxylic acids is 2. The normalized spacial score (nSPS) is 11.6. The topological polar surface area (TPSA) is 58.2 Å². The standard InChI is InChI=1S/C25H26N2O2S/c1-16-9-5-6-14-22(16)25(29)26-20-12-8-13-21(15-20)30-19(4)24(28)27-23-17(2)10-7-11-18(23)3/h5-15,19H,1-4H3,(H,26,29)(H,27,28). The van der Waals surface area contributed by atoms with E-state index in [0.717, 1.165) is 27.3 Å². The Balaban J connectivity index is 1.66. The Labute approximate surface area is 182 Å². The minimum Gasteiger partial charge on any atom is -0.325 e. The molecule has 0 saturated carbocycles. The van der Waals surface area contributed by atoms with Crippen LogP contribution in [0.3, 0.4) is 0 Å². The summed E-state index contributed by atoms with van der Waals surface area (Å²) in [6.07, 6.45) is 0. The van der Waals surface area contributed by atoms with Crippen molar-refractivity contribution in [2.45, 2.75) is 37.8 Å². The number of thioether (sulfide) groups is 1. The molecule has 0 heterocycles. The highest BCUT2D eigenvalue weighted by Crippen LogP contribution is 2.28. The summed E-state index contributed by atoms with van der Waals surface area (Å²) in [5, 5.41) is 5.70. The first-order valence-electron chi connectivity index (χ1n) is 9.86. The minimum atomic E-state index is -0.286. The van der Waals surface area contributed by atoms with E-state index in [-0.39, 0.29) is 17.1 Å². The molecule has 3 aromatic carbocycles. The Morgan fingerprint density at radius 1 is 0.800 bits per heavy atom. The maximum Gasteiger partial charge on any atom is 0.255 e. The maximum atomic E-state index is 12.7.